The minimum absolute atomic E-state index is 0.161. The van der Waals surface area contributed by atoms with Crippen LogP contribution in [-0.4, -0.2) is 41.4 Å². The number of hydrogen-bond acceptors (Lipinski definition) is 2. The number of morpholine rings is 1. The molecule has 1 amide bonds. The highest BCUT2D eigenvalue weighted by molar-refractivity contribution is 9.09. The third-order valence-corrected chi connectivity index (χ3v) is 4.16. The molecule has 0 radical (unpaired) electrons. The Morgan fingerprint density at radius 1 is 1.50 bits per heavy atom. The van der Waals surface area contributed by atoms with Crippen molar-refractivity contribution in [3.05, 3.63) is 34.9 Å². The van der Waals surface area contributed by atoms with Gasteiger partial charge in [0.25, 0.3) is 5.91 Å². The minimum Gasteiger partial charge on any atom is -0.373 e. The van der Waals surface area contributed by atoms with Gasteiger partial charge in [-0.1, -0.05) is 22.0 Å². The normalized spacial score (nSPS) is 22.9. The van der Waals surface area contributed by atoms with E-state index in [1.807, 2.05) is 0 Å². The zero-order valence-electron chi connectivity index (χ0n) is 11.3. The average Bonchev–Trinajstić information content (AvgIpc) is 2.43. The summed E-state index contributed by atoms with van der Waals surface area (Å²) in [6.45, 7) is 3.98. The zero-order chi connectivity index (χ0) is 14.9. The molecule has 1 aromatic rings. The van der Waals surface area contributed by atoms with Gasteiger partial charge in [0.2, 0.25) is 0 Å². The van der Waals surface area contributed by atoms with Gasteiger partial charge >= 0.3 is 0 Å². The van der Waals surface area contributed by atoms with Gasteiger partial charge in [-0.15, -0.1) is 0 Å². The molecule has 1 heterocycles. The Labute approximate surface area is 125 Å². The van der Waals surface area contributed by atoms with E-state index in [9.17, 15) is 13.6 Å². The fourth-order valence-corrected chi connectivity index (χ4v) is 2.58. The number of rotatable bonds is 2. The molecule has 2 unspecified atom stereocenters. The van der Waals surface area contributed by atoms with E-state index in [0.717, 1.165) is 6.07 Å². The lowest BCUT2D eigenvalue weighted by atomic mass is 10.1. The van der Waals surface area contributed by atoms with Crippen LogP contribution in [0.2, 0.25) is 0 Å². The summed E-state index contributed by atoms with van der Waals surface area (Å²) in [5.41, 5.74) is -0.222. The second kappa shape index (κ2) is 6.18. The quantitative estimate of drug-likeness (QED) is 0.770. The number of nitrogens with zero attached hydrogens (tertiary/aromatic N) is 1. The molecule has 0 saturated carbocycles. The first kappa shape index (κ1) is 15.4. The molecule has 110 valence electrons. The lowest BCUT2D eigenvalue weighted by molar-refractivity contribution is -0.0364. The molecule has 0 spiro atoms. The van der Waals surface area contributed by atoms with E-state index in [1.165, 1.54) is 17.9 Å². The van der Waals surface area contributed by atoms with Gasteiger partial charge in [0, 0.05) is 11.9 Å². The number of alkyl halides is 1. The Kier molecular flexibility index (Phi) is 4.75. The molecule has 0 N–H and O–H groups in total. The monoisotopic (exact) mass is 347 g/mol. The van der Waals surface area contributed by atoms with Crippen molar-refractivity contribution in [2.75, 3.05) is 18.5 Å². The maximum Gasteiger partial charge on any atom is 0.260 e. The predicted octanol–water partition coefficient (Wildman–Crippen LogP) is 2.90. The third-order valence-electron chi connectivity index (χ3n) is 3.44. The molecule has 6 heteroatoms. The Hall–Kier alpha value is -1.01. The number of carbonyl (C=O) groups is 1. The van der Waals surface area contributed by atoms with Crippen LogP contribution in [0.1, 0.15) is 22.8 Å². The molecule has 0 aliphatic carbocycles. The summed E-state index contributed by atoms with van der Waals surface area (Å²) >= 11 is 3.29. The van der Waals surface area contributed by atoms with Crippen LogP contribution >= 0.6 is 15.9 Å². The van der Waals surface area contributed by atoms with Crippen LogP contribution in [0.25, 0.3) is 0 Å². The molecule has 1 aliphatic rings. The number of aryl methyl sites for hydroxylation is 1. The molecule has 3 nitrogen and oxygen atoms in total. The van der Waals surface area contributed by atoms with Gasteiger partial charge in [-0.25, -0.2) is 8.78 Å². The first-order valence-corrected chi connectivity index (χ1v) is 7.51. The molecule has 1 saturated heterocycles. The third kappa shape index (κ3) is 2.86. The van der Waals surface area contributed by atoms with Crippen molar-refractivity contribution < 1.29 is 18.3 Å². The van der Waals surface area contributed by atoms with E-state index >= 15 is 0 Å². The van der Waals surface area contributed by atoms with Crippen molar-refractivity contribution in [3.8, 4) is 0 Å². The lowest BCUT2D eigenvalue weighted by Crippen LogP contribution is -2.51. The summed E-state index contributed by atoms with van der Waals surface area (Å²) in [5, 5.41) is 0.572. The van der Waals surface area contributed by atoms with Crippen LogP contribution in [0.3, 0.4) is 0 Å². The van der Waals surface area contributed by atoms with Crippen molar-refractivity contribution in [3.63, 3.8) is 0 Å². The van der Waals surface area contributed by atoms with Crippen molar-refractivity contribution in [2.45, 2.75) is 26.0 Å². The number of benzene rings is 1. The number of ether oxygens (including phenoxy) is 1. The Balaban J connectivity index is 2.33. The van der Waals surface area contributed by atoms with Crippen LogP contribution in [0.5, 0.6) is 0 Å². The highest BCUT2D eigenvalue weighted by atomic mass is 79.9. The van der Waals surface area contributed by atoms with E-state index in [0.29, 0.717) is 18.5 Å². The Morgan fingerprint density at radius 2 is 2.20 bits per heavy atom. The number of halogens is 3. The second-order valence-electron chi connectivity index (χ2n) is 4.97. The molecule has 2 atom stereocenters. The van der Waals surface area contributed by atoms with Crippen molar-refractivity contribution in [1.82, 2.24) is 4.90 Å². The number of hydrogen-bond donors (Lipinski definition) is 0. The summed E-state index contributed by atoms with van der Waals surface area (Å²) in [4.78, 5) is 13.9. The highest BCUT2D eigenvalue weighted by Gasteiger charge is 2.32. The largest absolute Gasteiger partial charge is 0.373 e. The maximum atomic E-state index is 14.0. The Morgan fingerprint density at radius 3 is 2.85 bits per heavy atom. The molecule has 1 aliphatic heterocycles. The smallest absolute Gasteiger partial charge is 0.260 e. The molecular formula is C14H16BrF2NO2. The second-order valence-corrected chi connectivity index (χ2v) is 5.62. The first-order chi connectivity index (χ1) is 9.45. The number of amides is 1. The van der Waals surface area contributed by atoms with E-state index < -0.39 is 23.1 Å². The summed E-state index contributed by atoms with van der Waals surface area (Å²) in [6, 6.07) is 2.24. The topological polar surface area (TPSA) is 29.5 Å². The van der Waals surface area contributed by atoms with Gasteiger partial charge in [-0.2, -0.15) is 0 Å². The van der Waals surface area contributed by atoms with Crippen molar-refractivity contribution in [2.24, 2.45) is 0 Å². The Bertz CT molecular complexity index is 524. The van der Waals surface area contributed by atoms with Crippen LogP contribution < -0.4 is 0 Å². The van der Waals surface area contributed by atoms with Crippen molar-refractivity contribution >= 4 is 21.8 Å². The van der Waals surface area contributed by atoms with Crippen molar-refractivity contribution in [1.29, 1.82) is 0 Å². The van der Waals surface area contributed by atoms with Crippen LogP contribution in [-0.2, 0) is 4.74 Å². The number of carbonyl (C=O) groups excluding carboxylic acids is 1. The fraction of sp³-hybridized carbons (Fsp3) is 0.500. The first-order valence-electron chi connectivity index (χ1n) is 6.38. The van der Waals surface area contributed by atoms with Crippen LogP contribution in [0, 0.1) is 18.6 Å². The zero-order valence-corrected chi connectivity index (χ0v) is 12.9. The molecule has 1 aromatic carbocycles. The SMILES string of the molecule is Cc1ccc(F)c(C(=O)N2CC(CBr)OCC2C)c1F. The highest BCUT2D eigenvalue weighted by Crippen LogP contribution is 2.22. The average molecular weight is 348 g/mol. The van der Waals surface area contributed by atoms with E-state index in [2.05, 4.69) is 15.9 Å². The molecule has 0 bridgehead atoms. The molecular weight excluding hydrogens is 332 g/mol. The van der Waals surface area contributed by atoms with E-state index in [-0.39, 0.29) is 17.7 Å². The molecule has 0 aromatic heterocycles. The van der Waals surface area contributed by atoms with Gasteiger partial charge in [-0.05, 0) is 25.5 Å². The lowest BCUT2D eigenvalue weighted by Gasteiger charge is -2.37. The van der Waals surface area contributed by atoms with Crippen LogP contribution in [0.4, 0.5) is 8.78 Å². The summed E-state index contributed by atoms with van der Waals surface area (Å²) < 4.78 is 33.4. The molecule has 2 rings (SSSR count). The van der Waals surface area contributed by atoms with Gasteiger partial charge < -0.3 is 9.64 Å². The summed E-state index contributed by atoms with van der Waals surface area (Å²) in [5.74, 6) is -2.23. The minimum atomic E-state index is -0.827. The fourth-order valence-electron chi connectivity index (χ4n) is 2.19. The van der Waals surface area contributed by atoms with E-state index in [1.54, 1.807) is 6.92 Å². The molecule has 20 heavy (non-hydrogen) atoms. The van der Waals surface area contributed by atoms with Gasteiger partial charge in [0.1, 0.15) is 17.2 Å². The molecule has 1 fully saturated rings. The standard InChI is InChI=1S/C14H16BrF2NO2/c1-8-3-4-11(16)12(13(8)17)14(19)18-6-10(5-15)20-7-9(18)2/h3-4,9-10H,5-7H2,1-2H3. The van der Waals surface area contributed by atoms with Gasteiger partial charge in [0.15, 0.2) is 0 Å². The summed E-state index contributed by atoms with van der Waals surface area (Å²) in [6.07, 6.45) is -0.161. The van der Waals surface area contributed by atoms with Gasteiger partial charge in [0.05, 0.1) is 18.8 Å². The van der Waals surface area contributed by atoms with Crippen LogP contribution in [0.15, 0.2) is 12.1 Å². The van der Waals surface area contributed by atoms with E-state index in [4.69, 9.17) is 4.74 Å². The summed E-state index contributed by atoms with van der Waals surface area (Å²) in [7, 11) is 0. The predicted molar refractivity (Wildman–Crippen MR) is 75.1 cm³/mol. The van der Waals surface area contributed by atoms with Gasteiger partial charge in [-0.3, -0.25) is 4.79 Å². The maximum absolute atomic E-state index is 14.0.